The summed E-state index contributed by atoms with van der Waals surface area (Å²) >= 11 is 0. The van der Waals surface area contributed by atoms with Crippen molar-refractivity contribution in [3.05, 3.63) is 240 Å². The summed E-state index contributed by atoms with van der Waals surface area (Å²) in [6.45, 7) is 20.6. The minimum absolute atomic E-state index is 0.0448. The van der Waals surface area contributed by atoms with Gasteiger partial charge in [0.25, 0.3) is 0 Å². The molecule has 0 radical (unpaired) electrons. The summed E-state index contributed by atoms with van der Waals surface area (Å²) in [7, 11) is -2.20. The fraction of sp³-hybridized carbons (Fsp3) is 0.213. The molecule has 0 saturated heterocycles. The van der Waals surface area contributed by atoms with E-state index in [1.165, 1.54) is 0 Å². The normalized spacial score (nSPS) is 10.3. The monoisotopic (exact) mass is 1170 g/mol. The van der Waals surface area contributed by atoms with Gasteiger partial charge in [-0.25, -0.2) is 24.0 Å². The Morgan fingerprint density at radius 2 is 0.471 bits per heavy atom. The molecule has 0 N–H and O–H groups in total. The Balaban J connectivity index is 1.64. The highest BCUT2D eigenvalue weighted by molar-refractivity contribution is 6.74. The predicted octanol–water partition coefficient (Wildman–Crippen LogP) is 13.4. The summed E-state index contributed by atoms with van der Waals surface area (Å²) < 4.78 is 33.0. The van der Waals surface area contributed by atoms with E-state index in [0.717, 1.165) is 0 Å². The molecule has 0 amide bonds. The van der Waals surface area contributed by atoms with Crippen molar-refractivity contribution >= 4 is 38.2 Å². The van der Waals surface area contributed by atoms with Gasteiger partial charge in [0.2, 0.25) is 8.32 Å². The van der Waals surface area contributed by atoms with Crippen LogP contribution in [0, 0.1) is 71.0 Å². The summed E-state index contributed by atoms with van der Waals surface area (Å²) in [6, 6.07) is 41.0. The molecule has 0 bridgehead atoms. The van der Waals surface area contributed by atoms with E-state index < -0.39 is 38.2 Å². The number of rotatable bonds is 12. The summed E-state index contributed by atoms with van der Waals surface area (Å²) in [5.74, 6) is 38.8. The molecule has 0 saturated carbocycles. The summed E-state index contributed by atoms with van der Waals surface area (Å²) in [5.41, 5.74) is 6.88. The van der Waals surface area contributed by atoms with Crippen LogP contribution in [0.4, 0.5) is 0 Å². The van der Waals surface area contributed by atoms with Crippen LogP contribution in [0.1, 0.15) is 174 Å². The lowest BCUT2D eigenvalue weighted by Gasteiger charge is -2.36. The Hall–Kier alpha value is -10.7. The lowest BCUT2D eigenvalue weighted by atomic mass is 9.86. The third-order valence-electron chi connectivity index (χ3n) is 13.5. The Morgan fingerprint density at radius 1 is 0.299 bits per heavy atom. The molecule has 7 aromatic carbocycles. The molecule has 0 aliphatic carbocycles. The third kappa shape index (κ3) is 17.4. The van der Waals surface area contributed by atoms with Crippen molar-refractivity contribution in [3.63, 3.8) is 0 Å². The maximum absolute atomic E-state index is 12.8. The van der Waals surface area contributed by atoms with Gasteiger partial charge in [-0.05, 0) is 198 Å². The molecule has 0 aliphatic rings. The van der Waals surface area contributed by atoms with Crippen LogP contribution >= 0.6 is 0 Å². The van der Waals surface area contributed by atoms with E-state index in [4.69, 9.17) is 28.1 Å². The number of carbonyl (C=O) groups is 5. The molecule has 0 atom stereocenters. The molecular weight excluding hydrogens is 1100 g/mol. The molecule has 0 fully saturated rings. The SMILES string of the molecule is CCOC(=O)c1ccc(C#Cc2c(C#Cc3ccc(O[Si](C)(C)C(C)(C)C)cc3)c(C#Cc3ccc(C(=O)OCC)cc3)c(C#Cc3ccc(C(=O)OCC)cc3)c(C#Cc3ccc(C(=O)OCC)cc3)c2C#Cc2ccc(C(=O)OCC)cc2)cc1. The first kappa shape index (κ1) is 63.8. The average Bonchev–Trinajstić information content (AvgIpc) is 1.22. The van der Waals surface area contributed by atoms with Gasteiger partial charge in [0, 0.05) is 33.4 Å². The largest absolute Gasteiger partial charge is 0.544 e. The highest BCUT2D eigenvalue weighted by atomic mass is 28.4. The van der Waals surface area contributed by atoms with Crippen molar-refractivity contribution in [2.24, 2.45) is 0 Å². The smallest absolute Gasteiger partial charge is 0.338 e. The minimum atomic E-state index is -2.20. The molecule has 12 heteroatoms. The second kappa shape index (κ2) is 30.2. The van der Waals surface area contributed by atoms with Crippen LogP contribution < -0.4 is 4.43 Å². The fourth-order valence-corrected chi connectivity index (χ4v) is 8.91. The number of ether oxygens (including phenoxy) is 5. The van der Waals surface area contributed by atoms with E-state index in [1.807, 2.05) is 24.3 Å². The maximum Gasteiger partial charge on any atom is 0.338 e. The first-order chi connectivity index (χ1) is 41.8. The molecule has 11 nitrogen and oxygen atoms in total. The van der Waals surface area contributed by atoms with Gasteiger partial charge in [-0.1, -0.05) is 91.8 Å². The lowest BCUT2D eigenvalue weighted by molar-refractivity contribution is 0.0516. The molecule has 0 aromatic heterocycles. The van der Waals surface area contributed by atoms with Gasteiger partial charge in [-0.2, -0.15) is 0 Å². The number of hydrogen-bond donors (Lipinski definition) is 0. The van der Waals surface area contributed by atoms with Gasteiger partial charge < -0.3 is 28.1 Å². The van der Waals surface area contributed by atoms with Gasteiger partial charge >= 0.3 is 29.8 Å². The molecule has 0 spiro atoms. The standard InChI is InChI=1S/C75H64O11Si/c1-11-81-70(76)58-34-16-52(17-35-58)28-46-64-65(47-29-53-18-36-59(37-19-53)71(77)82-12-2)67(49-31-55-22-40-61(41-23-55)73(79)84-14-4)69(51-33-57-26-44-63(45-27-57)86-87(9,10)75(6,7)8)68(50-32-56-24-42-62(43-25-56)74(80)85-15-5)66(64)48-30-54-20-38-60(39-21-54)72(78)83-13-3/h16-27,34-45H,11-15H2,1-10H3. The summed E-state index contributed by atoms with van der Waals surface area (Å²) in [6.07, 6.45) is 0. The minimum Gasteiger partial charge on any atom is -0.544 e. The highest BCUT2D eigenvalue weighted by Gasteiger charge is 2.39. The van der Waals surface area contributed by atoms with Gasteiger partial charge in [-0.3, -0.25) is 0 Å². The molecule has 0 aliphatic heterocycles. The summed E-state index contributed by atoms with van der Waals surface area (Å²) in [5, 5.41) is -0.0448. The number of benzene rings is 7. The lowest BCUT2D eigenvalue weighted by Crippen LogP contribution is -2.43. The third-order valence-corrected chi connectivity index (χ3v) is 17.9. The van der Waals surface area contributed by atoms with Crippen LogP contribution in [0.5, 0.6) is 5.75 Å². The zero-order valence-corrected chi connectivity index (χ0v) is 51.4. The Labute approximate surface area is 511 Å². The molecule has 7 rings (SSSR count). The second-order valence-corrected chi connectivity index (χ2v) is 25.4. The molecule has 7 aromatic rings. The van der Waals surface area contributed by atoms with Gasteiger partial charge in [0.1, 0.15) is 5.75 Å². The van der Waals surface area contributed by atoms with Crippen molar-refractivity contribution in [2.75, 3.05) is 33.0 Å². The van der Waals surface area contributed by atoms with Crippen LogP contribution in [-0.4, -0.2) is 71.2 Å². The zero-order valence-electron chi connectivity index (χ0n) is 50.4. The molecule has 0 unspecified atom stereocenters. The Kier molecular flexibility index (Phi) is 22.2. The van der Waals surface area contributed by atoms with E-state index in [1.54, 1.807) is 156 Å². The van der Waals surface area contributed by atoms with E-state index in [2.05, 4.69) is 105 Å². The Bertz CT molecular complexity index is 3910. The molecule has 87 heavy (non-hydrogen) atoms. The quantitative estimate of drug-likeness (QED) is 0.0500. The topological polar surface area (TPSA) is 141 Å². The first-order valence-electron chi connectivity index (χ1n) is 28.4. The van der Waals surface area contributed by atoms with Crippen LogP contribution in [0.15, 0.2) is 146 Å². The van der Waals surface area contributed by atoms with Crippen molar-refractivity contribution in [2.45, 2.75) is 73.5 Å². The fourth-order valence-electron chi connectivity index (χ4n) is 7.88. The number of hydrogen-bond acceptors (Lipinski definition) is 11. The van der Waals surface area contributed by atoms with Gasteiger partial charge in [-0.15, -0.1) is 0 Å². The van der Waals surface area contributed by atoms with E-state index in [9.17, 15) is 24.0 Å². The van der Waals surface area contributed by atoms with E-state index in [0.29, 0.717) is 100 Å². The van der Waals surface area contributed by atoms with Crippen molar-refractivity contribution < 1.29 is 52.1 Å². The zero-order chi connectivity index (χ0) is 62.5. The number of esters is 5. The highest BCUT2D eigenvalue weighted by Crippen LogP contribution is 2.37. The van der Waals surface area contributed by atoms with Crippen LogP contribution in [0.3, 0.4) is 0 Å². The van der Waals surface area contributed by atoms with Gasteiger partial charge in [0.15, 0.2) is 0 Å². The molecule has 0 heterocycles. The van der Waals surface area contributed by atoms with Crippen molar-refractivity contribution in [1.82, 2.24) is 0 Å². The van der Waals surface area contributed by atoms with E-state index in [-0.39, 0.29) is 38.1 Å². The summed E-state index contributed by atoms with van der Waals surface area (Å²) in [4.78, 5) is 63.9. The first-order valence-corrected chi connectivity index (χ1v) is 31.3. The predicted molar refractivity (Wildman–Crippen MR) is 339 cm³/mol. The average molecular weight is 1170 g/mol. The van der Waals surface area contributed by atoms with Crippen LogP contribution in [0.25, 0.3) is 0 Å². The van der Waals surface area contributed by atoms with Crippen LogP contribution in [0.2, 0.25) is 18.1 Å². The van der Waals surface area contributed by atoms with Gasteiger partial charge in [0.05, 0.1) is 94.2 Å². The van der Waals surface area contributed by atoms with Crippen molar-refractivity contribution in [3.8, 4) is 76.8 Å². The van der Waals surface area contributed by atoms with Crippen molar-refractivity contribution in [1.29, 1.82) is 0 Å². The molecule has 434 valence electrons. The Morgan fingerprint density at radius 3 is 0.632 bits per heavy atom. The second-order valence-electron chi connectivity index (χ2n) is 20.6. The van der Waals surface area contributed by atoms with Crippen LogP contribution in [-0.2, 0) is 23.7 Å². The van der Waals surface area contributed by atoms with E-state index >= 15 is 0 Å². The molecular formula is C75H64O11Si. The number of carbonyl (C=O) groups excluding carboxylic acids is 5. The maximum atomic E-state index is 12.8.